The maximum atomic E-state index is 11.4. The number of carbonyl (C=O) groups excluding carboxylic acids is 1. The van der Waals surface area contributed by atoms with Crippen molar-refractivity contribution in [2.75, 3.05) is 13.1 Å². The van der Waals surface area contributed by atoms with Gasteiger partial charge < -0.3 is 10.6 Å². The molecule has 15 heavy (non-hydrogen) atoms. The van der Waals surface area contributed by atoms with Crippen molar-refractivity contribution < 1.29 is 4.79 Å². The number of carbonyl (C=O) groups is 1. The summed E-state index contributed by atoms with van der Waals surface area (Å²) in [4.78, 5) is 11.4. The Labute approximate surface area is 94.0 Å². The number of amides is 1. The van der Waals surface area contributed by atoms with E-state index in [2.05, 4.69) is 52.2 Å². The molecule has 0 rings (SSSR count). The minimum absolute atomic E-state index is 0.0876. The van der Waals surface area contributed by atoms with Crippen LogP contribution in [0.2, 0.25) is 0 Å². The van der Waals surface area contributed by atoms with Crippen LogP contribution in [0.1, 0.15) is 48.0 Å². The van der Waals surface area contributed by atoms with Crippen molar-refractivity contribution in [3.05, 3.63) is 0 Å². The van der Waals surface area contributed by atoms with Gasteiger partial charge in [0.05, 0.1) is 0 Å². The summed E-state index contributed by atoms with van der Waals surface area (Å²) in [5.74, 6) is 0.127. The lowest BCUT2D eigenvalue weighted by molar-refractivity contribution is -0.121. The van der Waals surface area contributed by atoms with E-state index in [-0.39, 0.29) is 16.9 Å². The molecule has 0 radical (unpaired) electrons. The van der Waals surface area contributed by atoms with Gasteiger partial charge in [0.2, 0.25) is 5.91 Å². The van der Waals surface area contributed by atoms with Gasteiger partial charge in [-0.05, 0) is 26.2 Å². The second-order valence-electron chi connectivity index (χ2n) is 6.26. The number of hydrogen-bond acceptors (Lipinski definition) is 2. The lowest BCUT2D eigenvalue weighted by Crippen LogP contribution is -2.39. The largest absolute Gasteiger partial charge is 0.356 e. The number of nitrogens with one attached hydrogen (secondary N) is 2. The Kier molecular flexibility index (Phi) is 5.29. The van der Waals surface area contributed by atoms with Crippen LogP contribution in [-0.2, 0) is 4.79 Å². The van der Waals surface area contributed by atoms with Crippen LogP contribution in [0.25, 0.3) is 0 Å². The average Bonchev–Trinajstić information content (AvgIpc) is 1.97. The van der Waals surface area contributed by atoms with Crippen LogP contribution < -0.4 is 10.6 Å². The van der Waals surface area contributed by atoms with Crippen LogP contribution in [0.15, 0.2) is 0 Å². The molecule has 0 unspecified atom stereocenters. The molecule has 0 aromatic heterocycles. The molecule has 0 fully saturated rings. The Morgan fingerprint density at radius 1 is 1.07 bits per heavy atom. The molecule has 0 aromatic carbocycles. The second-order valence-corrected chi connectivity index (χ2v) is 6.26. The van der Waals surface area contributed by atoms with E-state index in [4.69, 9.17) is 0 Å². The van der Waals surface area contributed by atoms with E-state index < -0.39 is 0 Å². The molecule has 0 aliphatic heterocycles. The fraction of sp³-hybridized carbons (Fsp3) is 0.917. The molecule has 90 valence electrons. The Balaban J connectivity index is 3.60. The Hall–Kier alpha value is -0.570. The Morgan fingerprint density at radius 3 is 2.00 bits per heavy atom. The van der Waals surface area contributed by atoms with Gasteiger partial charge in [-0.25, -0.2) is 0 Å². The Morgan fingerprint density at radius 2 is 1.60 bits per heavy atom. The van der Waals surface area contributed by atoms with Crippen LogP contribution in [-0.4, -0.2) is 24.5 Å². The van der Waals surface area contributed by atoms with Gasteiger partial charge in [-0.2, -0.15) is 0 Å². The average molecular weight is 214 g/mol. The monoisotopic (exact) mass is 214 g/mol. The fourth-order valence-corrected chi connectivity index (χ4v) is 1.00. The first-order valence-electron chi connectivity index (χ1n) is 5.62. The maximum absolute atomic E-state index is 11.4. The SMILES string of the molecule is CC(C)(C)CNC(=O)CCNC(C)(C)C. The Bertz CT molecular complexity index is 199. The summed E-state index contributed by atoms with van der Waals surface area (Å²) in [5, 5.41) is 6.22. The highest BCUT2D eigenvalue weighted by molar-refractivity contribution is 5.76. The molecule has 0 bridgehead atoms. The van der Waals surface area contributed by atoms with Crippen LogP contribution in [0.4, 0.5) is 0 Å². The second kappa shape index (κ2) is 5.50. The quantitative estimate of drug-likeness (QED) is 0.751. The molecule has 0 aliphatic rings. The van der Waals surface area contributed by atoms with E-state index >= 15 is 0 Å². The molecule has 0 heterocycles. The summed E-state index contributed by atoms with van der Waals surface area (Å²) < 4.78 is 0. The zero-order chi connectivity index (χ0) is 12.1. The van der Waals surface area contributed by atoms with Crippen molar-refractivity contribution >= 4 is 5.91 Å². The zero-order valence-corrected chi connectivity index (χ0v) is 11.0. The van der Waals surface area contributed by atoms with E-state index in [0.29, 0.717) is 6.42 Å². The van der Waals surface area contributed by atoms with Crippen molar-refractivity contribution in [3.63, 3.8) is 0 Å². The van der Waals surface area contributed by atoms with E-state index in [0.717, 1.165) is 13.1 Å². The third-order valence-corrected chi connectivity index (χ3v) is 1.82. The molecule has 0 atom stereocenters. The molecule has 2 N–H and O–H groups in total. The normalized spacial score (nSPS) is 12.7. The van der Waals surface area contributed by atoms with Gasteiger partial charge >= 0.3 is 0 Å². The summed E-state index contributed by atoms with van der Waals surface area (Å²) >= 11 is 0. The molecule has 0 aliphatic carbocycles. The summed E-state index contributed by atoms with van der Waals surface area (Å²) in [5.41, 5.74) is 0.247. The third-order valence-electron chi connectivity index (χ3n) is 1.82. The number of hydrogen-bond donors (Lipinski definition) is 2. The highest BCUT2D eigenvalue weighted by atomic mass is 16.1. The molecule has 1 amide bonds. The predicted molar refractivity (Wildman–Crippen MR) is 64.8 cm³/mol. The predicted octanol–water partition coefficient (Wildman–Crippen LogP) is 1.93. The smallest absolute Gasteiger partial charge is 0.221 e. The van der Waals surface area contributed by atoms with E-state index in [1.807, 2.05) is 0 Å². The van der Waals surface area contributed by atoms with E-state index in [1.165, 1.54) is 0 Å². The fourth-order valence-electron chi connectivity index (χ4n) is 1.00. The van der Waals surface area contributed by atoms with Gasteiger partial charge in [-0.3, -0.25) is 4.79 Å². The minimum atomic E-state index is 0.0876. The van der Waals surface area contributed by atoms with Crippen molar-refractivity contribution in [2.24, 2.45) is 5.41 Å². The van der Waals surface area contributed by atoms with Crippen LogP contribution in [0.3, 0.4) is 0 Å². The third kappa shape index (κ3) is 11.4. The molecular weight excluding hydrogens is 188 g/mol. The van der Waals surface area contributed by atoms with Gasteiger partial charge in [0.1, 0.15) is 0 Å². The van der Waals surface area contributed by atoms with Crippen LogP contribution in [0, 0.1) is 5.41 Å². The van der Waals surface area contributed by atoms with Gasteiger partial charge in [0.25, 0.3) is 0 Å². The van der Waals surface area contributed by atoms with Crippen LogP contribution >= 0.6 is 0 Å². The van der Waals surface area contributed by atoms with Crippen molar-refractivity contribution in [1.29, 1.82) is 0 Å². The molecule has 0 saturated heterocycles. The molecule has 3 nitrogen and oxygen atoms in total. The zero-order valence-electron chi connectivity index (χ0n) is 11.0. The molecule has 0 saturated carbocycles. The first kappa shape index (κ1) is 14.4. The topological polar surface area (TPSA) is 41.1 Å². The van der Waals surface area contributed by atoms with Gasteiger partial charge in [0, 0.05) is 25.0 Å². The highest BCUT2D eigenvalue weighted by Gasteiger charge is 2.13. The maximum Gasteiger partial charge on any atom is 0.221 e. The van der Waals surface area contributed by atoms with E-state index in [9.17, 15) is 4.79 Å². The van der Waals surface area contributed by atoms with Gasteiger partial charge in [0.15, 0.2) is 0 Å². The molecule has 0 aromatic rings. The van der Waals surface area contributed by atoms with Crippen LogP contribution in [0.5, 0.6) is 0 Å². The summed E-state index contributed by atoms with van der Waals surface area (Å²) in [6, 6.07) is 0. The minimum Gasteiger partial charge on any atom is -0.356 e. The highest BCUT2D eigenvalue weighted by Crippen LogP contribution is 2.10. The summed E-state index contributed by atoms with van der Waals surface area (Å²) in [6.45, 7) is 14.1. The first-order valence-corrected chi connectivity index (χ1v) is 5.62. The van der Waals surface area contributed by atoms with E-state index in [1.54, 1.807) is 0 Å². The molecular formula is C12H26N2O. The molecule has 0 spiro atoms. The first-order chi connectivity index (χ1) is 6.60. The molecule has 3 heteroatoms. The summed E-state index contributed by atoms with van der Waals surface area (Å²) in [6.07, 6.45) is 0.549. The lowest BCUT2D eigenvalue weighted by Gasteiger charge is -2.21. The number of rotatable bonds is 4. The van der Waals surface area contributed by atoms with Gasteiger partial charge in [-0.15, -0.1) is 0 Å². The van der Waals surface area contributed by atoms with Crippen molar-refractivity contribution in [2.45, 2.75) is 53.5 Å². The van der Waals surface area contributed by atoms with Crippen molar-refractivity contribution in [1.82, 2.24) is 10.6 Å². The standard InChI is InChI=1S/C12H26N2O/c1-11(2,3)9-13-10(15)7-8-14-12(4,5)6/h14H,7-9H2,1-6H3,(H,13,15). The lowest BCUT2D eigenvalue weighted by atomic mass is 9.97. The summed E-state index contributed by atoms with van der Waals surface area (Å²) in [7, 11) is 0. The van der Waals surface area contributed by atoms with Gasteiger partial charge in [-0.1, -0.05) is 20.8 Å². The van der Waals surface area contributed by atoms with Crippen molar-refractivity contribution in [3.8, 4) is 0 Å².